The summed E-state index contributed by atoms with van der Waals surface area (Å²) in [6, 6.07) is 8.44. The van der Waals surface area contributed by atoms with Gasteiger partial charge in [-0.15, -0.1) is 22.7 Å². The first-order valence-corrected chi connectivity index (χ1v) is 18.4. The van der Waals surface area contributed by atoms with E-state index in [1.807, 2.05) is 27.7 Å². The number of aromatic nitrogens is 2. The maximum atomic E-state index is 11.6. The molecule has 3 aliphatic rings. The standard InChI is InChI=1S/C23H28N2O2S.C15H18N2O2S/c1-13(17-11-21(26)24-12-17)27-20-10-16(9-19-22(20)28-14(2)25-19)15-6-7-18(8-15)23(3,4)5;1-8-4-12-15(20-10(3)17-12)13(5-8)19-9(2)11-6-14(18)16-7-11/h6-10,13,17-18H,11-12H2,1-5H3,(H,24,26);4-5,9,11H,6-7H2,1-3H3,(H,16,18)/t13-,17-,18?;9-,11-/m11/s1. The number of thiazole rings is 2. The van der Waals surface area contributed by atoms with Crippen LogP contribution in [0.15, 0.2) is 42.5 Å². The average Bonchev–Trinajstić information content (AvgIpc) is 3.83. The Morgan fingerprint density at radius 1 is 0.792 bits per heavy atom. The van der Waals surface area contributed by atoms with Crippen molar-refractivity contribution < 1.29 is 19.1 Å². The van der Waals surface area contributed by atoms with Gasteiger partial charge in [-0.2, -0.15) is 0 Å². The molecule has 254 valence electrons. The van der Waals surface area contributed by atoms with Gasteiger partial charge in [0.2, 0.25) is 11.8 Å². The molecule has 2 saturated heterocycles. The number of carbonyl (C=O) groups excluding carboxylic acids is 2. The SMILES string of the molecule is Cc1cc(O[C@H](C)[C@H]2CNC(=O)C2)c2sc(C)nc2c1.Cc1nc2cc(C3=CC(C(C)(C)C)C=C3)cc(O[C@H](C)[C@H]3CNC(=O)C3)c2s1. The Balaban J connectivity index is 0.000000177. The van der Waals surface area contributed by atoms with Crippen LogP contribution in [0.2, 0.25) is 0 Å². The second-order valence-corrected chi connectivity index (χ2v) is 16.9. The van der Waals surface area contributed by atoms with Gasteiger partial charge in [0.1, 0.15) is 23.7 Å². The Labute approximate surface area is 291 Å². The van der Waals surface area contributed by atoms with Crippen LogP contribution in [0, 0.1) is 43.9 Å². The number of fused-ring (bicyclic) bond motifs is 2. The molecule has 2 N–H and O–H groups in total. The zero-order valence-electron chi connectivity index (χ0n) is 29.1. The van der Waals surface area contributed by atoms with E-state index in [0.717, 1.165) is 53.1 Å². The van der Waals surface area contributed by atoms with Crippen LogP contribution in [0.5, 0.6) is 11.5 Å². The molecule has 2 amide bonds. The highest BCUT2D eigenvalue weighted by Gasteiger charge is 2.30. The van der Waals surface area contributed by atoms with E-state index in [-0.39, 0.29) is 41.3 Å². The molecule has 8 nitrogen and oxygen atoms in total. The van der Waals surface area contributed by atoms with E-state index < -0.39 is 0 Å². The first kappa shape index (κ1) is 34.1. The number of hydrogen-bond donors (Lipinski definition) is 2. The van der Waals surface area contributed by atoms with Crippen LogP contribution in [0.25, 0.3) is 26.0 Å². The topological polar surface area (TPSA) is 102 Å². The van der Waals surface area contributed by atoms with E-state index in [9.17, 15) is 9.59 Å². The van der Waals surface area contributed by atoms with Crippen molar-refractivity contribution in [3.05, 3.63) is 63.6 Å². The number of nitrogens with zero attached hydrogens (tertiary/aromatic N) is 2. The number of amides is 2. The van der Waals surface area contributed by atoms with Crippen LogP contribution in [-0.2, 0) is 9.59 Å². The molecule has 2 aromatic heterocycles. The highest BCUT2D eigenvalue weighted by Crippen LogP contribution is 2.40. The summed E-state index contributed by atoms with van der Waals surface area (Å²) in [5.41, 5.74) is 5.69. The second kappa shape index (κ2) is 13.6. The van der Waals surface area contributed by atoms with Crippen molar-refractivity contribution in [1.82, 2.24) is 20.6 Å². The summed E-state index contributed by atoms with van der Waals surface area (Å²) in [5, 5.41) is 7.84. The lowest BCUT2D eigenvalue weighted by atomic mass is 9.81. The van der Waals surface area contributed by atoms with Crippen LogP contribution in [0.1, 0.15) is 68.6 Å². The summed E-state index contributed by atoms with van der Waals surface area (Å²) >= 11 is 3.32. The van der Waals surface area contributed by atoms with Crippen LogP contribution in [-0.4, -0.2) is 47.1 Å². The van der Waals surface area contributed by atoms with Crippen molar-refractivity contribution in [2.75, 3.05) is 13.1 Å². The van der Waals surface area contributed by atoms with Gasteiger partial charge in [0.05, 0.1) is 30.4 Å². The van der Waals surface area contributed by atoms with Gasteiger partial charge < -0.3 is 20.1 Å². The lowest BCUT2D eigenvalue weighted by Crippen LogP contribution is -2.25. The van der Waals surface area contributed by atoms with Gasteiger partial charge in [-0.25, -0.2) is 9.97 Å². The van der Waals surface area contributed by atoms with E-state index in [4.69, 9.17) is 14.5 Å². The number of rotatable bonds is 7. The van der Waals surface area contributed by atoms with E-state index in [1.165, 1.54) is 5.57 Å². The Hall–Kier alpha value is -3.76. The third-order valence-corrected chi connectivity index (χ3v) is 11.4. The van der Waals surface area contributed by atoms with Gasteiger partial charge in [-0.05, 0) is 81.0 Å². The summed E-state index contributed by atoms with van der Waals surface area (Å²) in [5.74, 6) is 2.87. The van der Waals surface area contributed by atoms with E-state index in [1.54, 1.807) is 22.7 Å². The summed E-state index contributed by atoms with van der Waals surface area (Å²) in [6.07, 6.45) is 7.91. The molecule has 4 aromatic rings. The van der Waals surface area contributed by atoms with Crippen molar-refractivity contribution in [2.45, 2.75) is 80.4 Å². The minimum atomic E-state index is -0.0322. The molecule has 48 heavy (non-hydrogen) atoms. The fourth-order valence-corrected chi connectivity index (χ4v) is 8.17. The molecule has 2 aromatic carbocycles. The molecule has 0 saturated carbocycles. The van der Waals surface area contributed by atoms with E-state index >= 15 is 0 Å². The van der Waals surface area contributed by atoms with Gasteiger partial charge >= 0.3 is 0 Å². The van der Waals surface area contributed by atoms with Gasteiger partial charge in [0.25, 0.3) is 0 Å². The minimum absolute atomic E-state index is 0.0151. The van der Waals surface area contributed by atoms with Crippen LogP contribution < -0.4 is 20.1 Å². The summed E-state index contributed by atoms with van der Waals surface area (Å²) in [4.78, 5) is 32.1. The Bertz CT molecular complexity index is 1920. The smallest absolute Gasteiger partial charge is 0.220 e. The number of carbonyl (C=O) groups is 2. The van der Waals surface area contributed by atoms with Crippen molar-refractivity contribution in [2.24, 2.45) is 23.2 Å². The third kappa shape index (κ3) is 7.60. The normalized spacial score (nSPS) is 21.9. The molecule has 4 heterocycles. The number of hydrogen-bond acceptors (Lipinski definition) is 8. The quantitative estimate of drug-likeness (QED) is 0.205. The molecule has 2 aliphatic heterocycles. The van der Waals surface area contributed by atoms with Crippen LogP contribution >= 0.6 is 22.7 Å². The largest absolute Gasteiger partial charge is 0.489 e. The molecule has 7 rings (SSSR count). The Morgan fingerprint density at radius 2 is 1.31 bits per heavy atom. The molecule has 0 bridgehead atoms. The molecule has 5 atom stereocenters. The Morgan fingerprint density at radius 3 is 1.79 bits per heavy atom. The van der Waals surface area contributed by atoms with E-state index in [0.29, 0.717) is 31.8 Å². The maximum Gasteiger partial charge on any atom is 0.220 e. The first-order valence-electron chi connectivity index (χ1n) is 16.8. The van der Waals surface area contributed by atoms with E-state index in [2.05, 4.69) is 85.8 Å². The van der Waals surface area contributed by atoms with Crippen LogP contribution in [0.3, 0.4) is 0 Å². The van der Waals surface area contributed by atoms with Crippen LogP contribution in [0.4, 0.5) is 0 Å². The molecule has 10 heteroatoms. The fraction of sp³-hybridized carbons (Fsp3) is 0.474. The summed E-state index contributed by atoms with van der Waals surface area (Å²) in [6.45, 7) is 18.4. The van der Waals surface area contributed by atoms with Gasteiger partial charge in [-0.1, -0.05) is 39.0 Å². The van der Waals surface area contributed by atoms with Gasteiger partial charge in [-0.3, -0.25) is 9.59 Å². The molecule has 0 spiro atoms. The predicted octanol–water partition coefficient (Wildman–Crippen LogP) is 7.94. The fourth-order valence-electron chi connectivity index (χ4n) is 6.46. The zero-order chi connectivity index (χ0) is 34.3. The lowest BCUT2D eigenvalue weighted by molar-refractivity contribution is -0.120. The second-order valence-electron chi connectivity index (χ2n) is 14.5. The van der Waals surface area contributed by atoms with Crippen molar-refractivity contribution >= 4 is 60.5 Å². The highest BCUT2D eigenvalue weighted by molar-refractivity contribution is 7.19. The average molecular weight is 687 g/mol. The third-order valence-electron chi connectivity index (χ3n) is 9.42. The van der Waals surface area contributed by atoms with Crippen molar-refractivity contribution in [1.29, 1.82) is 0 Å². The number of benzene rings is 2. The molecular weight excluding hydrogens is 641 g/mol. The predicted molar refractivity (Wildman–Crippen MR) is 196 cm³/mol. The molecular formula is C38H46N4O4S2. The monoisotopic (exact) mass is 686 g/mol. The zero-order valence-corrected chi connectivity index (χ0v) is 30.7. The molecule has 0 radical (unpaired) electrons. The Kier molecular flexibility index (Phi) is 9.69. The highest BCUT2D eigenvalue weighted by atomic mass is 32.1. The summed E-state index contributed by atoms with van der Waals surface area (Å²) in [7, 11) is 0. The number of aryl methyl sites for hydroxylation is 3. The molecule has 1 unspecified atom stereocenters. The van der Waals surface area contributed by atoms with Gasteiger partial charge in [0.15, 0.2) is 0 Å². The minimum Gasteiger partial charge on any atom is -0.489 e. The number of allylic oxidation sites excluding steroid dienone is 4. The lowest BCUT2D eigenvalue weighted by Gasteiger charge is -2.23. The van der Waals surface area contributed by atoms with Gasteiger partial charge in [0, 0.05) is 43.7 Å². The first-order chi connectivity index (χ1) is 22.7. The molecule has 1 aliphatic carbocycles. The summed E-state index contributed by atoms with van der Waals surface area (Å²) < 4.78 is 14.7. The molecule has 2 fully saturated rings. The maximum absolute atomic E-state index is 11.6. The van der Waals surface area contributed by atoms with Crippen molar-refractivity contribution in [3.63, 3.8) is 0 Å². The number of nitrogens with one attached hydrogen (secondary N) is 2. The number of ether oxygens (including phenoxy) is 2. The van der Waals surface area contributed by atoms with Crippen molar-refractivity contribution in [3.8, 4) is 11.5 Å².